The van der Waals surface area contributed by atoms with E-state index in [9.17, 15) is 0 Å². The van der Waals surface area contributed by atoms with Crippen LogP contribution in [0.1, 0.15) is 77.3 Å². The van der Waals surface area contributed by atoms with E-state index in [1.54, 1.807) is 6.20 Å². The van der Waals surface area contributed by atoms with Gasteiger partial charge in [0.15, 0.2) is 0 Å². The van der Waals surface area contributed by atoms with Crippen LogP contribution in [0.2, 0.25) is 0 Å². The van der Waals surface area contributed by atoms with E-state index in [2.05, 4.69) is 111 Å². The summed E-state index contributed by atoms with van der Waals surface area (Å²) in [6.07, 6.45) is 13.0. The number of benzene rings is 2. The highest BCUT2D eigenvalue weighted by Gasteiger charge is 2.41. The summed E-state index contributed by atoms with van der Waals surface area (Å²) in [5, 5.41) is 10.1. The Morgan fingerprint density at radius 1 is 1.14 bits per heavy atom. The summed E-state index contributed by atoms with van der Waals surface area (Å²) >= 11 is 0. The number of nitrogens with one attached hydrogen (secondary N) is 1. The molecule has 4 heteroatoms. The number of hydrogen-bond acceptors (Lipinski definition) is 4. The molecule has 0 saturated heterocycles. The van der Waals surface area contributed by atoms with Crippen molar-refractivity contribution >= 4 is 11.9 Å². The molecule has 1 saturated carbocycles. The van der Waals surface area contributed by atoms with Gasteiger partial charge in [0.1, 0.15) is 5.82 Å². The molecular weight excluding hydrogens is 524 g/mol. The molecule has 3 unspecified atom stereocenters. The molecule has 3 atom stereocenters. The molecule has 4 nitrogen and oxygen atoms in total. The molecule has 1 aliphatic carbocycles. The Labute approximate surface area is 260 Å². The van der Waals surface area contributed by atoms with Gasteiger partial charge in [-0.2, -0.15) is 5.10 Å². The van der Waals surface area contributed by atoms with E-state index in [-0.39, 0.29) is 6.04 Å². The molecule has 2 aromatic carbocycles. The maximum Gasteiger partial charge on any atom is 0.127 e. The van der Waals surface area contributed by atoms with E-state index < -0.39 is 0 Å². The van der Waals surface area contributed by atoms with Crippen molar-refractivity contribution in [2.24, 2.45) is 16.4 Å². The fraction of sp³-hybridized carbons (Fsp3) is 0.359. The Balaban J connectivity index is 1.67. The van der Waals surface area contributed by atoms with Crippen molar-refractivity contribution in [2.45, 2.75) is 78.7 Å². The van der Waals surface area contributed by atoms with Crippen molar-refractivity contribution in [3.63, 3.8) is 0 Å². The number of allylic oxidation sites excluding steroid dienone is 3. The largest absolute Gasteiger partial charge is 0.362 e. The first-order chi connectivity index (χ1) is 20.7. The first-order valence-corrected chi connectivity index (χ1v) is 15.7. The van der Waals surface area contributed by atoms with Crippen LogP contribution in [0.25, 0.3) is 16.8 Å². The third-order valence-corrected chi connectivity index (χ3v) is 9.26. The lowest BCUT2D eigenvalue weighted by molar-refractivity contribution is 0.169. The summed E-state index contributed by atoms with van der Waals surface area (Å²) in [6, 6.07) is 17.5. The molecule has 4 rings (SSSR count). The Hall–Kier alpha value is -4.05. The average molecular weight is 575 g/mol. The van der Waals surface area contributed by atoms with Crippen molar-refractivity contribution in [2.75, 3.05) is 0 Å². The van der Waals surface area contributed by atoms with Crippen LogP contribution in [0.15, 0.2) is 122 Å². The monoisotopic (exact) mass is 574 g/mol. The minimum absolute atomic E-state index is 0.274. The Bertz CT molecular complexity index is 1430. The van der Waals surface area contributed by atoms with Crippen LogP contribution < -0.4 is 5.32 Å². The molecule has 1 N–H and O–H groups in total. The normalized spacial score (nSPS) is 21.4. The molecule has 1 heterocycles. The van der Waals surface area contributed by atoms with Gasteiger partial charge in [-0.1, -0.05) is 101 Å². The minimum atomic E-state index is 0.274. The fourth-order valence-electron chi connectivity index (χ4n) is 7.02. The van der Waals surface area contributed by atoms with Gasteiger partial charge in [0.25, 0.3) is 0 Å². The number of hydrogen-bond donors (Lipinski definition) is 1. The van der Waals surface area contributed by atoms with Gasteiger partial charge in [-0.05, 0) is 80.2 Å². The maximum atomic E-state index is 4.84. The maximum absolute atomic E-state index is 4.84. The number of rotatable bonds is 13. The van der Waals surface area contributed by atoms with Crippen LogP contribution in [-0.4, -0.2) is 22.2 Å². The SMILES string of the molecule is C=CCC1(C)CCC(C(C)N2C(=C)C(Cc3ccc(-c4ccccc4C(=C)NC=C)cc3)=C(CCC)N(/N=C\C)C2=C)C1. The second-order valence-corrected chi connectivity index (χ2v) is 12.4. The summed E-state index contributed by atoms with van der Waals surface area (Å²) in [6.45, 7) is 30.2. The lowest BCUT2D eigenvalue weighted by Crippen LogP contribution is -2.45. The van der Waals surface area contributed by atoms with E-state index in [1.807, 2.05) is 19.2 Å². The summed E-state index contributed by atoms with van der Waals surface area (Å²) in [5.74, 6) is 1.46. The predicted molar refractivity (Wildman–Crippen MR) is 186 cm³/mol. The van der Waals surface area contributed by atoms with Gasteiger partial charge < -0.3 is 10.2 Å². The second-order valence-electron chi connectivity index (χ2n) is 12.4. The van der Waals surface area contributed by atoms with E-state index >= 15 is 0 Å². The molecule has 0 spiro atoms. The molecule has 2 aromatic rings. The van der Waals surface area contributed by atoms with Crippen molar-refractivity contribution < 1.29 is 0 Å². The van der Waals surface area contributed by atoms with Gasteiger partial charge in [0, 0.05) is 46.9 Å². The van der Waals surface area contributed by atoms with Crippen LogP contribution >= 0.6 is 0 Å². The van der Waals surface area contributed by atoms with Crippen LogP contribution in [0.5, 0.6) is 0 Å². The molecule has 0 amide bonds. The molecule has 0 aromatic heterocycles. The summed E-state index contributed by atoms with van der Waals surface area (Å²) in [4.78, 5) is 2.37. The van der Waals surface area contributed by atoms with Gasteiger partial charge in [0.05, 0.1) is 0 Å². The third-order valence-electron chi connectivity index (χ3n) is 9.26. The van der Waals surface area contributed by atoms with Crippen LogP contribution in [0.3, 0.4) is 0 Å². The zero-order valence-corrected chi connectivity index (χ0v) is 26.8. The number of hydrazone groups is 1. The summed E-state index contributed by atoms with van der Waals surface area (Å²) < 4.78 is 0. The Kier molecular flexibility index (Phi) is 10.3. The molecule has 1 aliphatic heterocycles. The van der Waals surface area contributed by atoms with Crippen molar-refractivity contribution in [1.29, 1.82) is 0 Å². The van der Waals surface area contributed by atoms with Crippen LogP contribution in [-0.2, 0) is 6.42 Å². The molecular formula is C39H50N4. The highest BCUT2D eigenvalue weighted by atomic mass is 15.5. The Morgan fingerprint density at radius 3 is 2.51 bits per heavy atom. The van der Waals surface area contributed by atoms with Gasteiger partial charge in [-0.25, -0.2) is 5.01 Å². The zero-order chi connectivity index (χ0) is 31.1. The molecule has 0 bridgehead atoms. The molecule has 226 valence electrons. The smallest absolute Gasteiger partial charge is 0.127 e. The zero-order valence-electron chi connectivity index (χ0n) is 26.8. The standard InChI is InChI=1S/C39H50N4/c1-10-16-38-37(26-32-19-21-33(22-20-32)36-18-15-14-17-35(36)28(5)40-12-3)30(7)42(31(8)43(38)41-13-4)29(6)34-23-25-39(9,27-34)24-11-2/h11-15,17-22,29,34,40H,2-3,5,7-8,10,16,23-27H2,1,4,6,9H3/b41-13-. The van der Waals surface area contributed by atoms with Gasteiger partial charge in [-0.15, -0.1) is 6.58 Å². The van der Waals surface area contributed by atoms with E-state index in [0.29, 0.717) is 11.3 Å². The Morgan fingerprint density at radius 2 is 1.86 bits per heavy atom. The van der Waals surface area contributed by atoms with Crippen molar-refractivity contribution in [3.05, 3.63) is 128 Å². The van der Waals surface area contributed by atoms with Crippen molar-refractivity contribution in [1.82, 2.24) is 15.2 Å². The van der Waals surface area contributed by atoms with E-state index in [4.69, 9.17) is 11.7 Å². The fourth-order valence-corrected chi connectivity index (χ4v) is 7.02. The van der Waals surface area contributed by atoms with Crippen LogP contribution in [0.4, 0.5) is 0 Å². The third kappa shape index (κ3) is 6.80. The average Bonchev–Trinajstić information content (AvgIpc) is 3.39. The molecule has 43 heavy (non-hydrogen) atoms. The first kappa shape index (κ1) is 31.9. The molecule has 0 radical (unpaired) electrons. The first-order valence-electron chi connectivity index (χ1n) is 15.7. The molecule has 1 fully saturated rings. The summed E-state index contributed by atoms with van der Waals surface area (Å²) in [7, 11) is 0. The minimum Gasteiger partial charge on any atom is -0.362 e. The highest BCUT2D eigenvalue weighted by Crippen LogP contribution is 2.48. The van der Waals surface area contributed by atoms with Crippen molar-refractivity contribution in [3.8, 4) is 11.1 Å². The van der Waals surface area contributed by atoms with Crippen LogP contribution in [0, 0.1) is 11.3 Å². The number of nitrogens with zero attached hydrogens (tertiary/aromatic N) is 3. The van der Waals surface area contributed by atoms with Gasteiger partial charge >= 0.3 is 0 Å². The highest BCUT2D eigenvalue weighted by molar-refractivity contribution is 5.80. The lowest BCUT2D eigenvalue weighted by atomic mass is 9.83. The predicted octanol–water partition coefficient (Wildman–Crippen LogP) is 10.0. The van der Waals surface area contributed by atoms with E-state index in [0.717, 1.165) is 59.6 Å². The topological polar surface area (TPSA) is 30.9 Å². The van der Waals surface area contributed by atoms with E-state index in [1.165, 1.54) is 36.1 Å². The lowest BCUT2D eigenvalue weighted by Gasteiger charge is -2.46. The van der Waals surface area contributed by atoms with Gasteiger partial charge in [0.2, 0.25) is 0 Å². The van der Waals surface area contributed by atoms with Gasteiger partial charge in [-0.3, -0.25) is 0 Å². The summed E-state index contributed by atoms with van der Waals surface area (Å²) in [5.41, 5.74) is 9.26. The second kappa shape index (κ2) is 13.9. The molecule has 2 aliphatic rings. The quantitative estimate of drug-likeness (QED) is 0.191.